The van der Waals surface area contributed by atoms with Crippen LogP contribution in [0.5, 0.6) is 0 Å². The maximum Gasteiger partial charge on any atom is 0.128 e. The van der Waals surface area contributed by atoms with Crippen molar-refractivity contribution in [2.24, 2.45) is 5.92 Å². The summed E-state index contributed by atoms with van der Waals surface area (Å²) in [5, 5.41) is 3.28. The summed E-state index contributed by atoms with van der Waals surface area (Å²) in [6, 6.07) is 1.96. The molecule has 0 aliphatic rings. The first-order valence-corrected chi connectivity index (χ1v) is 6.23. The Bertz CT molecular complexity index is 315. The lowest BCUT2D eigenvalue weighted by Gasteiger charge is -2.06. The van der Waals surface area contributed by atoms with Gasteiger partial charge in [0.15, 0.2) is 0 Å². The number of nitrogens with zero attached hydrogens (tertiary/aromatic N) is 2. The minimum Gasteiger partial charge on any atom is -0.383 e. The van der Waals surface area contributed by atoms with E-state index in [0.29, 0.717) is 5.92 Å². The number of ether oxygens (including phenoxy) is 1. The van der Waals surface area contributed by atoms with Gasteiger partial charge in [0.05, 0.1) is 12.3 Å². The lowest BCUT2D eigenvalue weighted by Crippen LogP contribution is -2.19. The van der Waals surface area contributed by atoms with E-state index < -0.39 is 0 Å². The van der Waals surface area contributed by atoms with Crippen molar-refractivity contribution >= 4 is 0 Å². The summed E-state index contributed by atoms with van der Waals surface area (Å²) in [6.07, 6.45) is 3.94. The van der Waals surface area contributed by atoms with E-state index in [2.05, 4.69) is 29.1 Å². The molecule has 0 atom stereocenters. The molecule has 0 aromatic carbocycles. The van der Waals surface area contributed by atoms with E-state index in [1.165, 1.54) is 0 Å². The predicted octanol–water partition coefficient (Wildman–Crippen LogP) is 1.80. The molecule has 0 saturated carbocycles. The van der Waals surface area contributed by atoms with Crippen molar-refractivity contribution in [2.45, 2.75) is 33.2 Å². The Kier molecular flexibility index (Phi) is 6.74. The molecule has 0 unspecified atom stereocenters. The van der Waals surface area contributed by atoms with Gasteiger partial charge in [0.25, 0.3) is 0 Å². The standard InChI is InChI=1S/C13H23N3O/c1-11(2)4-5-13-15-7-6-12(16-13)10-14-8-9-17-3/h6-7,11,14H,4-5,8-10H2,1-3H3. The van der Waals surface area contributed by atoms with Crippen molar-refractivity contribution < 1.29 is 4.74 Å². The van der Waals surface area contributed by atoms with Gasteiger partial charge < -0.3 is 10.1 Å². The molecule has 1 aromatic rings. The van der Waals surface area contributed by atoms with Crippen LogP contribution < -0.4 is 5.32 Å². The Balaban J connectivity index is 2.37. The Labute approximate surface area is 104 Å². The Morgan fingerprint density at radius 2 is 2.24 bits per heavy atom. The first-order chi connectivity index (χ1) is 8.22. The molecule has 0 fully saturated rings. The zero-order valence-electron chi connectivity index (χ0n) is 11.1. The summed E-state index contributed by atoms with van der Waals surface area (Å²) < 4.78 is 4.97. The highest BCUT2D eigenvalue weighted by molar-refractivity contribution is 5.02. The number of hydrogen-bond acceptors (Lipinski definition) is 4. The predicted molar refractivity (Wildman–Crippen MR) is 68.8 cm³/mol. The van der Waals surface area contributed by atoms with Gasteiger partial charge in [-0.2, -0.15) is 0 Å². The molecule has 1 aromatic heterocycles. The topological polar surface area (TPSA) is 47.0 Å². The second kappa shape index (κ2) is 8.14. The van der Waals surface area contributed by atoms with Crippen LogP contribution in [0.25, 0.3) is 0 Å². The van der Waals surface area contributed by atoms with Crippen LogP contribution in [0.3, 0.4) is 0 Å². The van der Waals surface area contributed by atoms with Gasteiger partial charge in [0, 0.05) is 32.8 Å². The number of methoxy groups -OCH3 is 1. The lowest BCUT2D eigenvalue weighted by molar-refractivity contribution is 0.199. The number of aromatic nitrogens is 2. The van der Waals surface area contributed by atoms with Gasteiger partial charge in [0.2, 0.25) is 0 Å². The average molecular weight is 237 g/mol. The van der Waals surface area contributed by atoms with Crippen molar-refractivity contribution in [3.63, 3.8) is 0 Å². The summed E-state index contributed by atoms with van der Waals surface area (Å²) >= 11 is 0. The van der Waals surface area contributed by atoms with Gasteiger partial charge >= 0.3 is 0 Å². The van der Waals surface area contributed by atoms with Crippen LogP contribution in [0.15, 0.2) is 12.3 Å². The fourth-order valence-corrected chi connectivity index (χ4v) is 1.47. The van der Waals surface area contributed by atoms with Crippen LogP contribution in [0.4, 0.5) is 0 Å². The van der Waals surface area contributed by atoms with Gasteiger partial charge in [-0.15, -0.1) is 0 Å². The van der Waals surface area contributed by atoms with Crippen molar-refractivity contribution in [2.75, 3.05) is 20.3 Å². The van der Waals surface area contributed by atoms with E-state index in [1.807, 2.05) is 12.3 Å². The highest BCUT2D eigenvalue weighted by atomic mass is 16.5. The summed E-state index contributed by atoms with van der Waals surface area (Å²) in [5.74, 6) is 1.65. The maximum atomic E-state index is 4.97. The highest BCUT2D eigenvalue weighted by Gasteiger charge is 2.01. The number of nitrogens with one attached hydrogen (secondary N) is 1. The molecule has 0 amide bonds. The smallest absolute Gasteiger partial charge is 0.128 e. The lowest BCUT2D eigenvalue weighted by atomic mass is 10.1. The zero-order chi connectivity index (χ0) is 12.5. The molecule has 0 radical (unpaired) electrons. The summed E-state index contributed by atoms with van der Waals surface area (Å²) in [5.41, 5.74) is 1.05. The number of aryl methyl sites for hydroxylation is 1. The van der Waals surface area contributed by atoms with Gasteiger partial charge in [-0.1, -0.05) is 13.8 Å². The summed E-state index contributed by atoms with van der Waals surface area (Å²) in [7, 11) is 1.70. The van der Waals surface area contributed by atoms with E-state index >= 15 is 0 Å². The van der Waals surface area contributed by atoms with Crippen molar-refractivity contribution in [1.82, 2.24) is 15.3 Å². The summed E-state index contributed by atoms with van der Waals surface area (Å²) in [6.45, 7) is 6.79. The molecule has 96 valence electrons. The molecule has 0 spiro atoms. The Morgan fingerprint density at radius 1 is 1.41 bits per heavy atom. The first kappa shape index (κ1) is 14.1. The third-order valence-corrected chi connectivity index (χ3v) is 2.50. The molecule has 1 heterocycles. The van der Waals surface area contributed by atoms with Gasteiger partial charge in [0.1, 0.15) is 5.82 Å². The van der Waals surface area contributed by atoms with Crippen LogP contribution in [0.1, 0.15) is 31.8 Å². The van der Waals surface area contributed by atoms with Gasteiger partial charge in [-0.05, 0) is 18.4 Å². The minimum absolute atomic E-state index is 0.696. The number of hydrogen-bond donors (Lipinski definition) is 1. The maximum absolute atomic E-state index is 4.97. The molecule has 0 bridgehead atoms. The van der Waals surface area contributed by atoms with E-state index in [1.54, 1.807) is 7.11 Å². The quantitative estimate of drug-likeness (QED) is 0.700. The van der Waals surface area contributed by atoms with Crippen molar-refractivity contribution in [3.05, 3.63) is 23.8 Å². The third kappa shape index (κ3) is 6.34. The van der Waals surface area contributed by atoms with E-state index in [0.717, 1.165) is 44.1 Å². The molecule has 17 heavy (non-hydrogen) atoms. The first-order valence-electron chi connectivity index (χ1n) is 6.23. The minimum atomic E-state index is 0.696. The number of rotatable bonds is 8. The van der Waals surface area contributed by atoms with E-state index in [4.69, 9.17) is 4.74 Å². The van der Waals surface area contributed by atoms with Crippen molar-refractivity contribution in [3.8, 4) is 0 Å². The van der Waals surface area contributed by atoms with Gasteiger partial charge in [-0.25, -0.2) is 9.97 Å². The molecule has 1 rings (SSSR count). The fraction of sp³-hybridized carbons (Fsp3) is 0.692. The van der Waals surface area contributed by atoms with E-state index in [-0.39, 0.29) is 0 Å². The van der Waals surface area contributed by atoms with Gasteiger partial charge in [-0.3, -0.25) is 0 Å². The van der Waals surface area contributed by atoms with Crippen LogP contribution >= 0.6 is 0 Å². The molecule has 0 aliphatic heterocycles. The van der Waals surface area contributed by atoms with Crippen LogP contribution in [-0.4, -0.2) is 30.2 Å². The molecule has 4 heteroatoms. The highest BCUT2D eigenvalue weighted by Crippen LogP contribution is 2.05. The molecular weight excluding hydrogens is 214 g/mol. The fourth-order valence-electron chi connectivity index (χ4n) is 1.47. The van der Waals surface area contributed by atoms with Crippen LogP contribution in [-0.2, 0) is 17.7 Å². The molecule has 1 N–H and O–H groups in total. The van der Waals surface area contributed by atoms with Crippen molar-refractivity contribution in [1.29, 1.82) is 0 Å². The molecular formula is C13H23N3O. The molecule has 4 nitrogen and oxygen atoms in total. The monoisotopic (exact) mass is 237 g/mol. The summed E-state index contributed by atoms with van der Waals surface area (Å²) in [4.78, 5) is 8.82. The van der Waals surface area contributed by atoms with Crippen LogP contribution in [0, 0.1) is 5.92 Å². The second-order valence-corrected chi connectivity index (χ2v) is 4.57. The van der Waals surface area contributed by atoms with E-state index in [9.17, 15) is 0 Å². The molecule has 0 aliphatic carbocycles. The second-order valence-electron chi connectivity index (χ2n) is 4.57. The molecule has 0 saturated heterocycles. The zero-order valence-corrected chi connectivity index (χ0v) is 11.1. The van der Waals surface area contributed by atoms with Crippen LogP contribution in [0.2, 0.25) is 0 Å². The third-order valence-electron chi connectivity index (χ3n) is 2.50. The Morgan fingerprint density at radius 3 is 2.94 bits per heavy atom. The Hall–Kier alpha value is -1.00. The normalized spacial score (nSPS) is 11.1. The SMILES string of the molecule is COCCNCc1ccnc(CCC(C)C)n1. The average Bonchev–Trinajstić information content (AvgIpc) is 2.33. The largest absolute Gasteiger partial charge is 0.383 e.